The molecule has 1 heterocycles. The Morgan fingerprint density at radius 2 is 2.04 bits per heavy atom. The Morgan fingerprint density at radius 3 is 2.50 bits per heavy atom. The van der Waals surface area contributed by atoms with Crippen LogP contribution in [0.3, 0.4) is 0 Å². The zero-order chi connectivity index (χ0) is 18.0. The van der Waals surface area contributed by atoms with Gasteiger partial charge in [0.1, 0.15) is 11.4 Å². The third kappa shape index (κ3) is 3.51. The van der Waals surface area contributed by atoms with E-state index in [-0.39, 0.29) is 11.4 Å². The molecule has 0 aliphatic rings. The van der Waals surface area contributed by atoms with Crippen molar-refractivity contribution in [3.63, 3.8) is 0 Å². The summed E-state index contributed by atoms with van der Waals surface area (Å²) in [6.45, 7) is 8.48. The molecule has 0 saturated carbocycles. The lowest BCUT2D eigenvalue weighted by atomic mass is 10.0. The van der Waals surface area contributed by atoms with Gasteiger partial charge in [0.05, 0.1) is 11.4 Å². The van der Waals surface area contributed by atoms with Crippen LogP contribution in [-0.4, -0.2) is 27.6 Å². The van der Waals surface area contributed by atoms with E-state index in [9.17, 15) is 9.90 Å². The smallest absolute Gasteiger partial charge is 0.341 e. The van der Waals surface area contributed by atoms with Gasteiger partial charge in [0.15, 0.2) is 0 Å². The number of carboxylic acids is 1. The van der Waals surface area contributed by atoms with Crippen LogP contribution in [-0.2, 0) is 0 Å². The van der Waals surface area contributed by atoms with Gasteiger partial charge in [-0.2, -0.15) is 4.98 Å². The molecule has 6 nitrogen and oxygen atoms in total. The number of nitrogen functional groups attached to an aromatic ring is 1. The van der Waals surface area contributed by atoms with E-state index in [1.807, 2.05) is 17.9 Å². The first-order valence-corrected chi connectivity index (χ1v) is 8.49. The first-order valence-electron chi connectivity index (χ1n) is 7.70. The number of nitrogens with zero attached hydrogens (tertiary/aromatic N) is 3. The number of aryl methyl sites for hydroxylation is 1. The van der Waals surface area contributed by atoms with Crippen molar-refractivity contribution in [1.82, 2.24) is 9.97 Å². The monoisotopic (exact) mass is 392 g/mol. The van der Waals surface area contributed by atoms with Gasteiger partial charge in [-0.3, -0.25) is 0 Å². The van der Waals surface area contributed by atoms with E-state index in [4.69, 9.17) is 5.73 Å². The number of nitrogens with two attached hydrogens (primary N) is 1. The van der Waals surface area contributed by atoms with Crippen LogP contribution in [0.2, 0.25) is 0 Å². The van der Waals surface area contributed by atoms with E-state index in [2.05, 4.69) is 51.9 Å². The van der Waals surface area contributed by atoms with Gasteiger partial charge in [-0.1, -0.05) is 19.9 Å². The molecule has 2 rings (SSSR count). The Labute approximate surface area is 149 Å². The summed E-state index contributed by atoms with van der Waals surface area (Å²) in [7, 11) is 0. The average Bonchev–Trinajstić information content (AvgIpc) is 2.48. The van der Waals surface area contributed by atoms with Crippen LogP contribution in [0.1, 0.15) is 48.3 Å². The second-order valence-corrected chi connectivity index (χ2v) is 6.64. The van der Waals surface area contributed by atoms with E-state index >= 15 is 0 Å². The standard InChI is InChI=1S/C17H21BrN4O2/c1-5-22(13-7-6-11(9(2)3)8-12(13)18)17-20-10(4)14(16(23)24)15(19)21-17/h6-9H,5H2,1-4H3,(H,23,24)(H2,19,20,21). The lowest BCUT2D eigenvalue weighted by Crippen LogP contribution is -2.22. The molecule has 0 bridgehead atoms. The Kier molecular flexibility index (Phi) is 5.43. The molecule has 2 aromatic rings. The van der Waals surface area contributed by atoms with Crippen molar-refractivity contribution in [3.05, 3.63) is 39.5 Å². The number of hydrogen-bond donors (Lipinski definition) is 2. The number of benzene rings is 1. The maximum Gasteiger partial charge on any atom is 0.341 e. The zero-order valence-electron chi connectivity index (χ0n) is 14.2. The van der Waals surface area contributed by atoms with Crippen molar-refractivity contribution >= 4 is 39.4 Å². The number of aromatic nitrogens is 2. The Morgan fingerprint density at radius 1 is 1.38 bits per heavy atom. The fourth-order valence-corrected chi connectivity index (χ4v) is 3.10. The summed E-state index contributed by atoms with van der Waals surface area (Å²) in [4.78, 5) is 21.7. The van der Waals surface area contributed by atoms with Gasteiger partial charge in [-0.15, -0.1) is 0 Å². The van der Waals surface area contributed by atoms with Crippen molar-refractivity contribution in [2.75, 3.05) is 17.2 Å². The Balaban J connectivity index is 2.51. The summed E-state index contributed by atoms with van der Waals surface area (Å²) in [5.41, 5.74) is 8.25. The van der Waals surface area contributed by atoms with Gasteiger partial charge in [0.2, 0.25) is 5.95 Å². The zero-order valence-corrected chi connectivity index (χ0v) is 15.8. The lowest BCUT2D eigenvalue weighted by molar-refractivity contribution is 0.0696. The van der Waals surface area contributed by atoms with Crippen molar-refractivity contribution in [3.8, 4) is 0 Å². The minimum absolute atomic E-state index is 0.0293. The summed E-state index contributed by atoms with van der Waals surface area (Å²) in [5.74, 6) is -0.342. The van der Waals surface area contributed by atoms with Crippen LogP contribution in [0.15, 0.2) is 22.7 Å². The van der Waals surface area contributed by atoms with Crippen molar-refractivity contribution in [1.29, 1.82) is 0 Å². The highest BCUT2D eigenvalue weighted by Gasteiger charge is 2.20. The van der Waals surface area contributed by atoms with Gasteiger partial charge in [-0.25, -0.2) is 9.78 Å². The highest BCUT2D eigenvalue weighted by molar-refractivity contribution is 9.10. The fourth-order valence-electron chi connectivity index (χ4n) is 2.49. The number of anilines is 3. The molecule has 0 unspecified atom stereocenters. The molecule has 0 radical (unpaired) electrons. The summed E-state index contributed by atoms with van der Waals surface area (Å²) < 4.78 is 0.928. The summed E-state index contributed by atoms with van der Waals surface area (Å²) in [6, 6.07) is 6.14. The molecule has 0 amide bonds. The molecule has 0 atom stereocenters. The number of halogens is 1. The van der Waals surface area contributed by atoms with Gasteiger partial charge < -0.3 is 15.7 Å². The lowest BCUT2D eigenvalue weighted by Gasteiger charge is -2.24. The number of carbonyl (C=O) groups is 1. The molecule has 7 heteroatoms. The molecule has 24 heavy (non-hydrogen) atoms. The van der Waals surface area contributed by atoms with Crippen molar-refractivity contribution in [2.24, 2.45) is 0 Å². The van der Waals surface area contributed by atoms with Crippen LogP contribution < -0.4 is 10.6 Å². The largest absolute Gasteiger partial charge is 0.477 e. The van der Waals surface area contributed by atoms with Crippen molar-refractivity contribution in [2.45, 2.75) is 33.6 Å². The molecule has 128 valence electrons. The topological polar surface area (TPSA) is 92.3 Å². The minimum Gasteiger partial charge on any atom is -0.477 e. The van der Waals surface area contributed by atoms with Gasteiger partial charge >= 0.3 is 5.97 Å². The van der Waals surface area contributed by atoms with Crippen LogP contribution in [0, 0.1) is 6.92 Å². The second kappa shape index (κ2) is 7.17. The quantitative estimate of drug-likeness (QED) is 0.794. The summed E-state index contributed by atoms with van der Waals surface area (Å²) in [6.07, 6.45) is 0. The minimum atomic E-state index is -1.12. The maximum absolute atomic E-state index is 11.2. The Bertz CT molecular complexity index is 754. The van der Waals surface area contributed by atoms with Crippen LogP contribution in [0.5, 0.6) is 0 Å². The van der Waals surface area contributed by atoms with Gasteiger partial charge in [0, 0.05) is 11.0 Å². The highest BCUT2D eigenvalue weighted by Crippen LogP contribution is 2.33. The van der Waals surface area contributed by atoms with Crippen LogP contribution in [0.4, 0.5) is 17.5 Å². The molecular weight excluding hydrogens is 372 g/mol. The summed E-state index contributed by atoms with van der Waals surface area (Å²) in [5, 5.41) is 9.20. The third-order valence-corrected chi connectivity index (χ3v) is 4.44. The van der Waals surface area contributed by atoms with Crippen LogP contribution >= 0.6 is 15.9 Å². The van der Waals surface area contributed by atoms with Crippen LogP contribution in [0.25, 0.3) is 0 Å². The molecule has 0 fully saturated rings. The molecular formula is C17H21BrN4O2. The number of aromatic carboxylic acids is 1. The first-order chi connectivity index (χ1) is 11.3. The maximum atomic E-state index is 11.2. The normalized spacial score (nSPS) is 10.9. The molecule has 1 aromatic carbocycles. The molecule has 3 N–H and O–H groups in total. The van der Waals surface area contributed by atoms with Gasteiger partial charge in [-0.05, 0) is 53.4 Å². The first kappa shape index (κ1) is 18.2. The number of hydrogen-bond acceptors (Lipinski definition) is 5. The number of rotatable bonds is 5. The second-order valence-electron chi connectivity index (χ2n) is 5.78. The average molecular weight is 393 g/mol. The SMILES string of the molecule is CCN(c1nc(C)c(C(=O)O)c(N)n1)c1ccc(C(C)C)cc1Br. The molecule has 0 aliphatic heterocycles. The molecule has 0 aliphatic carbocycles. The number of carboxylic acid groups (broad SMARTS) is 1. The van der Waals surface area contributed by atoms with E-state index in [1.165, 1.54) is 5.56 Å². The predicted octanol–water partition coefficient (Wildman–Crippen LogP) is 4.11. The van der Waals surface area contributed by atoms with Crippen molar-refractivity contribution < 1.29 is 9.90 Å². The Hall–Kier alpha value is -2.15. The van der Waals surface area contributed by atoms with E-state index in [0.717, 1.165) is 10.2 Å². The molecule has 0 saturated heterocycles. The predicted molar refractivity (Wildman–Crippen MR) is 99.1 cm³/mol. The highest BCUT2D eigenvalue weighted by atomic mass is 79.9. The molecule has 0 spiro atoms. The van der Waals surface area contributed by atoms with E-state index in [0.29, 0.717) is 24.1 Å². The van der Waals surface area contributed by atoms with E-state index < -0.39 is 5.97 Å². The fraction of sp³-hybridized carbons (Fsp3) is 0.353. The third-order valence-electron chi connectivity index (χ3n) is 3.81. The van der Waals surface area contributed by atoms with E-state index in [1.54, 1.807) is 6.92 Å². The molecule has 1 aromatic heterocycles. The summed E-state index contributed by atoms with van der Waals surface area (Å²) >= 11 is 3.61. The van der Waals surface area contributed by atoms with Gasteiger partial charge in [0.25, 0.3) is 0 Å².